The van der Waals surface area contributed by atoms with Gasteiger partial charge in [-0.15, -0.1) is 0 Å². The number of hydrogen-bond donors (Lipinski definition) is 0. The highest BCUT2D eigenvalue weighted by molar-refractivity contribution is 6.06. The van der Waals surface area contributed by atoms with Gasteiger partial charge in [0, 0.05) is 10.8 Å². The third-order valence-electron chi connectivity index (χ3n) is 6.04. The molecule has 42 heavy (non-hydrogen) atoms. The summed E-state index contributed by atoms with van der Waals surface area (Å²) in [7, 11) is 0. The summed E-state index contributed by atoms with van der Waals surface area (Å²) < 4.78 is 148. The molecule has 0 saturated carbocycles. The normalized spacial score (nSPS) is 11.3. The van der Waals surface area contributed by atoms with Gasteiger partial charge in [-0.3, -0.25) is 0 Å². The van der Waals surface area contributed by atoms with Crippen LogP contribution in [0.4, 0.5) is 43.9 Å². The molecule has 5 rings (SSSR count). The maximum Gasteiger partial charge on any atom is 0.349 e. The molecule has 0 N–H and O–H groups in total. The zero-order valence-electron chi connectivity index (χ0n) is 20.0. The van der Waals surface area contributed by atoms with Gasteiger partial charge in [0.2, 0.25) is 11.6 Å². The SMILES string of the molecule is O=C(Oc1ccc(OC(=O)c2c(F)c(F)c(F)c(F)c2F)c2cc3ccccc3cc12)c1c(F)c(F)c(F)c(F)c1F. The molecule has 0 fully saturated rings. The first kappa shape index (κ1) is 28.4. The highest BCUT2D eigenvalue weighted by Crippen LogP contribution is 2.38. The lowest BCUT2D eigenvalue weighted by atomic mass is 10.0. The van der Waals surface area contributed by atoms with Crippen LogP contribution in [0.2, 0.25) is 0 Å². The standard InChI is InChI=1S/C28H8F10O4/c29-17-15(18(30)22(34)25(37)21(17)33)27(39)41-13-5-6-14(12-8-10-4-2-1-3-9(10)7-11(12)13)42-28(40)16-19(31)23(35)26(38)24(36)20(16)32/h1-8H. The molecule has 0 aliphatic carbocycles. The van der Waals surface area contributed by atoms with Crippen molar-refractivity contribution in [1.82, 2.24) is 0 Å². The smallest absolute Gasteiger partial charge is 0.349 e. The first-order valence-electron chi connectivity index (χ1n) is 11.3. The molecule has 0 bridgehead atoms. The van der Waals surface area contributed by atoms with Crippen LogP contribution in [0.15, 0.2) is 48.5 Å². The van der Waals surface area contributed by atoms with Crippen molar-refractivity contribution in [2.45, 2.75) is 0 Å². The van der Waals surface area contributed by atoms with Crippen LogP contribution >= 0.6 is 0 Å². The second-order valence-corrected chi connectivity index (χ2v) is 8.48. The van der Waals surface area contributed by atoms with E-state index in [9.17, 15) is 53.5 Å². The highest BCUT2D eigenvalue weighted by Gasteiger charge is 2.33. The molecule has 214 valence electrons. The second-order valence-electron chi connectivity index (χ2n) is 8.48. The Balaban J connectivity index is 1.63. The van der Waals surface area contributed by atoms with Crippen LogP contribution in [-0.4, -0.2) is 11.9 Å². The molecule has 0 aliphatic rings. The molecule has 0 aliphatic heterocycles. The molecule has 0 radical (unpaired) electrons. The molecule has 0 aromatic heterocycles. The van der Waals surface area contributed by atoms with Gasteiger partial charge >= 0.3 is 11.9 Å². The maximum absolute atomic E-state index is 14.2. The van der Waals surface area contributed by atoms with Crippen molar-refractivity contribution >= 4 is 33.5 Å². The monoisotopic (exact) mass is 598 g/mol. The van der Waals surface area contributed by atoms with Gasteiger partial charge in [0.1, 0.15) is 22.6 Å². The van der Waals surface area contributed by atoms with Crippen molar-refractivity contribution in [3.05, 3.63) is 118 Å². The predicted molar refractivity (Wildman–Crippen MR) is 124 cm³/mol. The Labute approximate surface area is 226 Å². The van der Waals surface area contributed by atoms with E-state index in [1.165, 1.54) is 24.3 Å². The van der Waals surface area contributed by atoms with Gasteiger partial charge in [-0.2, -0.15) is 0 Å². The molecular formula is C28H8F10O4. The largest absolute Gasteiger partial charge is 0.422 e. The molecule has 0 heterocycles. The molecular weight excluding hydrogens is 590 g/mol. The van der Waals surface area contributed by atoms with E-state index in [-0.39, 0.29) is 10.8 Å². The summed E-state index contributed by atoms with van der Waals surface area (Å²) in [6.45, 7) is 0. The van der Waals surface area contributed by atoms with E-state index in [2.05, 4.69) is 0 Å². The lowest BCUT2D eigenvalue weighted by molar-refractivity contribution is 0.0708. The average Bonchev–Trinajstić information content (AvgIpc) is 2.97. The number of carbonyl (C=O) groups excluding carboxylic acids is 2. The van der Waals surface area contributed by atoms with Crippen LogP contribution < -0.4 is 9.47 Å². The summed E-state index contributed by atoms with van der Waals surface area (Å²) in [6.07, 6.45) is 0. The summed E-state index contributed by atoms with van der Waals surface area (Å²) in [5.41, 5.74) is -3.83. The zero-order chi connectivity index (χ0) is 30.6. The minimum absolute atomic E-state index is 0.200. The first-order chi connectivity index (χ1) is 19.8. The average molecular weight is 598 g/mol. The van der Waals surface area contributed by atoms with Gasteiger partial charge in [0.25, 0.3) is 0 Å². The van der Waals surface area contributed by atoms with Crippen LogP contribution in [-0.2, 0) is 0 Å². The van der Waals surface area contributed by atoms with Crippen molar-refractivity contribution in [3.8, 4) is 11.5 Å². The van der Waals surface area contributed by atoms with E-state index in [0.717, 1.165) is 12.1 Å². The van der Waals surface area contributed by atoms with Crippen molar-refractivity contribution in [2.75, 3.05) is 0 Å². The Bertz CT molecular complexity index is 1790. The van der Waals surface area contributed by atoms with Crippen LogP contribution in [0.25, 0.3) is 21.5 Å². The van der Waals surface area contributed by atoms with E-state index < -0.39 is 92.7 Å². The van der Waals surface area contributed by atoms with Crippen molar-refractivity contribution in [2.24, 2.45) is 0 Å². The number of esters is 2. The molecule has 0 unspecified atom stereocenters. The highest BCUT2D eigenvalue weighted by atomic mass is 19.2. The third-order valence-corrected chi connectivity index (χ3v) is 6.04. The molecule has 4 nitrogen and oxygen atoms in total. The van der Waals surface area contributed by atoms with Crippen LogP contribution in [0, 0.1) is 58.2 Å². The number of fused-ring (bicyclic) bond motifs is 2. The first-order valence-corrected chi connectivity index (χ1v) is 11.3. The Morgan fingerprint density at radius 2 is 0.714 bits per heavy atom. The van der Waals surface area contributed by atoms with E-state index in [1.807, 2.05) is 0 Å². The fourth-order valence-corrected chi connectivity index (χ4v) is 4.03. The Hall–Kier alpha value is -5.14. The van der Waals surface area contributed by atoms with Crippen molar-refractivity contribution in [3.63, 3.8) is 0 Å². The van der Waals surface area contributed by atoms with Gasteiger partial charge in [0.15, 0.2) is 46.5 Å². The predicted octanol–water partition coefficient (Wildman–Crippen LogP) is 7.82. The van der Waals surface area contributed by atoms with Gasteiger partial charge in [-0.1, -0.05) is 24.3 Å². The third kappa shape index (κ3) is 4.44. The van der Waals surface area contributed by atoms with Crippen LogP contribution in [0.3, 0.4) is 0 Å². The fourth-order valence-electron chi connectivity index (χ4n) is 4.03. The molecule has 0 amide bonds. The minimum atomic E-state index is -2.52. The quantitative estimate of drug-likeness (QED) is 0.0529. The van der Waals surface area contributed by atoms with E-state index in [0.29, 0.717) is 10.8 Å². The lowest BCUT2D eigenvalue weighted by Gasteiger charge is -2.14. The molecule has 0 saturated heterocycles. The maximum atomic E-state index is 14.2. The van der Waals surface area contributed by atoms with Crippen molar-refractivity contribution < 1.29 is 63.0 Å². The Kier molecular flexibility index (Phi) is 7.00. The molecule has 5 aromatic carbocycles. The topological polar surface area (TPSA) is 52.6 Å². The van der Waals surface area contributed by atoms with Crippen molar-refractivity contribution in [1.29, 1.82) is 0 Å². The van der Waals surface area contributed by atoms with E-state index in [1.54, 1.807) is 12.1 Å². The Morgan fingerprint density at radius 1 is 0.429 bits per heavy atom. The van der Waals surface area contributed by atoms with Gasteiger partial charge in [-0.25, -0.2) is 53.5 Å². The number of carbonyl (C=O) groups is 2. The summed E-state index contributed by atoms with van der Waals surface area (Å²) in [4.78, 5) is 25.1. The molecule has 0 spiro atoms. The molecule has 14 heteroatoms. The van der Waals surface area contributed by atoms with E-state index >= 15 is 0 Å². The Morgan fingerprint density at radius 3 is 1.02 bits per heavy atom. The van der Waals surface area contributed by atoms with E-state index in [4.69, 9.17) is 9.47 Å². The van der Waals surface area contributed by atoms with Crippen LogP contribution in [0.5, 0.6) is 11.5 Å². The summed E-state index contributed by atoms with van der Waals surface area (Å²) >= 11 is 0. The van der Waals surface area contributed by atoms with Gasteiger partial charge < -0.3 is 9.47 Å². The lowest BCUT2D eigenvalue weighted by Crippen LogP contribution is -2.18. The molecule has 5 aromatic rings. The zero-order valence-corrected chi connectivity index (χ0v) is 20.0. The molecule has 0 atom stereocenters. The second kappa shape index (κ2) is 10.4. The van der Waals surface area contributed by atoms with Gasteiger partial charge in [0.05, 0.1) is 0 Å². The fraction of sp³-hybridized carbons (Fsp3) is 0. The number of hydrogen-bond acceptors (Lipinski definition) is 4. The number of benzene rings is 5. The summed E-state index contributed by atoms with van der Waals surface area (Å²) in [5.74, 6) is -29.7. The number of halogens is 10. The summed E-state index contributed by atoms with van der Waals surface area (Å²) in [5, 5.41) is 0.436. The minimum Gasteiger partial charge on any atom is -0.422 e. The van der Waals surface area contributed by atoms with Gasteiger partial charge in [-0.05, 0) is 35.0 Å². The summed E-state index contributed by atoms with van der Waals surface area (Å²) in [6, 6.07) is 10.4. The van der Waals surface area contributed by atoms with Crippen LogP contribution in [0.1, 0.15) is 20.7 Å². The number of ether oxygens (including phenoxy) is 2. The number of rotatable bonds is 4.